The number of halogens is 2. The molecule has 2 fully saturated rings. The molecule has 3 aliphatic rings. The van der Waals surface area contributed by atoms with E-state index in [2.05, 4.69) is 34.3 Å². The molecule has 2 atom stereocenters. The highest BCUT2D eigenvalue weighted by molar-refractivity contribution is 5.92. The number of benzene rings is 1. The number of nitrogens with zero attached hydrogens (tertiary/aromatic N) is 4. The Balaban J connectivity index is 1.42. The van der Waals surface area contributed by atoms with Crippen LogP contribution in [0.2, 0.25) is 0 Å². The number of aliphatic hydroxyl groups is 1. The van der Waals surface area contributed by atoms with E-state index in [1.54, 1.807) is 12.3 Å². The predicted molar refractivity (Wildman–Crippen MR) is 122 cm³/mol. The van der Waals surface area contributed by atoms with Crippen molar-refractivity contribution in [3.05, 3.63) is 70.9 Å². The molecule has 2 bridgehead atoms. The number of amides is 1. The van der Waals surface area contributed by atoms with Crippen molar-refractivity contribution in [3.8, 4) is 11.3 Å². The second kappa shape index (κ2) is 7.34. The fourth-order valence-corrected chi connectivity index (χ4v) is 6.09. The van der Waals surface area contributed by atoms with Gasteiger partial charge < -0.3 is 10.4 Å². The maximum atomic E-state index is 14.4. The van der Waals surface area contributed by atoms with E-state index in [4.69, 9.17) is 4.98 Å². The van der Waals surface area contributed by atoms with Gasteiger partial charge >= 0.3 is 0 Å². The standard InChI is InChI=1S/C26H25F2N5O2/c1-24(2)15-6-7-26(24,20-12-29-11-19(31-20)23(34)30-13-25(35)8-9-25)22-14(15)10-18(32-33-22)21-16(27)4-3-5-17(21)28/h3-5,10-12,15,35H,6-9,13H2,1-2H3,(H,30,34)/t15-,26-/m0/s1. The number of aromatic nitrogens is 4. The summed E-state index contributed by atoms with van der Waals surface area (Å²) in [6.07, 6.45) is 6.01. The summed E-state index contributed by atoms with van der Waals surface area (Å²) in [6.45, 7) is 4.44. The third kappa shape index (κ3) is 3.14. The quantitative estimate of drug-likeness (QED) is 0.582. The molecule has 0 saturated heterocycles. The summed E-state index contributed by atoms with van der Waals surface area (Å²) in [5.41, 5.74) is 0.624. The zero-order valence-corrected chi connectivity index (χ0v) is 19.5. The molecule has 3 aromatic rings. The maximum absolute atomic E-state index is 14.4. The zero-order valence-electron chi connectivity index (χ0n) is 19.5. The Bertz CT molecular complexity index is 1350. The Labute approximate surface area is 201 Å². The molecule has 2 N–H and O–H groups in total. The first kappa shape index (κ1) is 22.2. The number of carbonyl (C=O) groups excluding carboxylic acids is 1. The lowest BCUT2D eigenvalue weighted by Crippen LogP contribution is -2.39. The molecular formula is C26H25F2N5O2. The lowest BCUT2D eigenvalue weighted by Gasteiger charge is -2.37. The molecule has 3 aliphatic carbocycles. The SMILES string of the molecule is CC1(C)[C@H]2CC[C@]1(c1cncc(C(=O)NCC3(O)CC3)n1)c1nnc(-c3c(F)cccc3F)cc12. The first-order valence-corrected chi connectivity index (χ1v) is 11.8. The van der Waals surface area contributed by atoms with Crippen molar-refractivity contribution in [3.63, 3.8) is 0 Å². The average molecular weight is 478 g/mol. The number of carbonyl (C=O) groups is 1. The summed E-state index contributed by atoms with van der Waals surface area (Å²) in [4.78, 5) is 21.8. The van der Waals surface area contributed by atoms with E-state index < -0.39 is 28.6 Å². The monoisotopic (exact) mass is 477 g/mol. The van der Waals surface area contributed by atoms with E-state index in [0.717, 1.165) is 24.1 Å². The van der Waals surface area contributed by atoms with Crippen LogP contribution in [-0.4, -0.2) is 43.3 Å². The molecule has 180 valence electrons. The highest BCUT2D eigenvalue weighted by Crippen LogP contribution is 2.69. The van der Waals surface area contributed by atoms with Gasteiger partial charge in [0.1, 0.15) is 17.3 Å². The van der Waals surface area contributed by atoms with E-state index in [-0.39, 0.29) is 34.8 Å². The minimum absolute atomic E-state index is 0.0879. The number of rotatable bonds is 5. The fourth-order valence-electron chi connectivity index (χ4n) is 6.09. The van der Waals surface area contributed by atoms with Crippen molar-refractivity contribution in [1.82, 2.24) is 25.5 Å². The third-order valence-electron chi connectivity index (χ3n) is 8.31. The van der Waals surface area contributed by atoms with Crippen LogP contribution in [-0.2, 0) is 5.41 Å². The Kier molecular flexibility index (Phi) is 4.64. The smallest absolute Gasteiger partial charge is 0.271 e. The largest absolute Gasteiger partial charge is 0.388 e. The molecule has 0 spiro atoms. The lowest BCUT2D eigenvalue weighted by atomic mass is 9.66. The van der Waals surface area contributed by atoms with Crippen molar-refractivity contribution < 1.29 is 18.7 Å². The van der Waals surface area contributed by atoms with E-state index in [0.29, 0.717) is 18.5 Å². The minimum Gasteiger partial charge on any atom is -0.388 e. The van der Waals surface area contributed by atoms with Gasteiger partial charge in [-0.05, 0) is 60.8 Å². The van der Waals surface area contributed by atoms with Gasteiger partial charge in [-0.3, -0.25) is 9.78 Å². The first-order chi connectivity index (χ1) is 16.7. The molecule has 1 amide bonds. The second-order valence-electron chi connectivity index (χ2n) is 10.5. The van der Waals surface area contributed by atoms with Crippen molar-refractivity contribution in [2.24, 2.45) is 5.41 Å². The second-order valence-corrected chi connectivity index (χ2v) is 10.5. The Morgan fingerprint density at radius 3 is 2.60 bits per heavy atom. The van der Waals surface area contributed by atoms with Crippen LogP contribution < -0.4 is 5.32 Å². The number of nitrogens with one attached hydrogen (secondary N) is 1. The van der Waals surface area contributed by atoms with Crippen LogP contribution in [0.4, 0.5) is 8.78 Å². The minimum atomic E-state index is -0.810. The van der Waals surface area contributed by atoms with Crippen LogP contribution in [0.25, 0.3) is 11.3 Å². The fraction of sp³-hybridized carbons (Fsp3) is 0.423. The topological polar surface area (TPSA) is 101 Å². The summed E-state index contributed by atoms with van der Waals surface area (Å²) in [5.74, 6) is -1.67. The lowest BCUT2D eigenvalue weighted by molar-refractivity contribution is 0.0890. The molecule has 2 saturated carbocycles. The highest BCUT2D eigenvalue weighted by Gasteiger charge is 2.65. The molecule has 7 nitrogen and oxygen atoms in total. The maximum Gasteiger partial charge on any atom is 0.271 e. The van der Waals surface area contributed by atoms with Gasteiger partial charge in [0.15, 0.2) is 0 Å². The van der Waals surface area contributed by atoms with Gasteiger partial charge in [0.2, 0.25) is 0 Å². The molecule has 0 unspecified atom stereocenters. The van der Waals surface area contributed by atoms with Gasteiger partial charge in [-0.2, -0.15) is 5.10 Å². The average Bonchev–Trinajstić information content (AvgIpc) is 3.47. The summed E-state index contributed by atoms with van der Waals surface area (Å²) in [7, 11) is 0. The van der Waals surface area contributed by atoms with Crippen LogP contribution in [0, 0.1) is 17.0 Å². The van der Waals surface area contributed by atoms with Gasteiger partial charge in [0.25, 0.3) is 5.91 Å². The summed E-state index contributed by atoms with van der Waals surface area (Å²) >= 11 is 0. The normalized spacial score (nSPS) is 24.8. The summed E-state index contributed by atoms with van der Waals surface area (Å²) in [5, 5.41) is 21.5. The van der Waals surface area contributed by atoms with Crippen LogP contribution in [0.3, 0.4) is 0 Å². The molecule has 9 heteroatoms. The highest BCUT2D eigenvalue weighted by atomic mass is 19.1. The summed E-state index contributed by atoms with van der Waals surface area (Å²) < 4.78 is 28.9. The molecule has 2 aromatic heterocycles. The van der Waals surface area contributed by atoms with Crippen molar-refractivity contribution in [2.75, 3.05) is 6.54 Å². The Morgan fingerprint density at radius 2 is 1.89 bits per heavy atom. The number of hydrogen-bond donors (Lipinski definition) is 2. The van der Waals surface area contributed by atoms with Crippen molar-refractivity contribution >= 4 is 5.91 Å². The molecular weight excluding hydrogens is 452 g/mol. The van der Waals surface area contributed by atoms with Crippen molar-refractivity contribution in [2.45, 2.75) is 56.5 Å². The number of fused-ring (bicyclic) bond motifs is 5. The molecule has 0 radical (unpaired) electrons. The van der Waals surface area contributed by atoms with Crippen LogP contribution in [0.1, 0.15) is 72.9 Å². The molecule has 2 heterocycles. The Morgan fingerprint density at radius 1 is 1.14 bits per heavy atom. The van der Waals surface area contributed by atoms with Crippen LogP contribution in [0.15, 0.2) is 36.7 Å². The Hall–Kier alpha value is -3.33. The molecule has 35 heavy (non-hydrogen) atoms. The van der Waals surface area contributed by atoms with Crippen LogP contribution in [0.5, 0.6) is 0 Å². The van der Waals surface area contributed by atoms with E-state index in [9.17, 15) is 18.7 Å². The molecule has 1 aromatic carbocycles. The van der Waals surface area contributed by atoms with Gasteiger partial charge in [-0.15, -0.1) is 5.10 Å². The first-order valence-electron chi connectivity index (χ1n) is 11.8. The molecule has 0 aliphatic heterocycles. The van der Waals surface area contributed by atoms with Gasteiger partial charge in [-0.25, -0.2) is 13.8 Å². The van der Waals surface area contributed by atoms with Crippen LogP contribution >= 0.6 is 0 Å². The molecule has 6 rings (SSSR count). The van der Waals surface area contributed by atoms with E-state index >= 15 is 0 Å². The van der Waals surface area contributed by atoms with E-state index in [1.165, 1.54) is 24.4 Å². The van der Waals surface area contributed by atoms with E-state index in [1.807, 2.05) is 0 Å². The van der Waals surface area contributed by atoms with Crippen molar-refractivity contribution in [1.29, 1.82) is 0 Å². The zero-order chi connectivity index (χ0) is 24.6. The van der Waals surface area contributed by atoms with Gasteiger partial charge in [-0.1, -0.05) is 19.9 Å². The predicted octanol–water partition coefficient (Wildman–Crippen LogP) is 3.67. The number of hydrogen-bond acceptors (Lipinski definition) is 6. The summed E-state index contributed by atoms with van der Waals surface area (Å²) in [6, 6.07) is 5.48. The van der Waals surface area contributed by atoms with Gasteiger partial charge in [0, 0.05) is 12.7 Å². The third-order valence-corrected chi connectivity index (χ3v) is 8.31. The van der Waals surface area contributed by atoms with Gasteiger partial charge in [0.05, 0.1) is 39.9 Å².